The van der Waals surface area contributed by atoms with Gasteiger partial charge in [0.25, 0.3) is 5.56 Å². The molecule has 1 fully saturated rings. The van der Waals surface area contributed by atoms with Crippen LogP contribution >= 0.6 is 11.8 Å². The molecule has 8 heteroatoms. The standard InChI is InChI=1S/C14H18N4O3S/c1-14(2)13(21)17-10(6-22-14)12(20)18-4-3-8-9(5-18)15-7-16-11(8)19/h7,10H,3-6H2,1-2H3,(H,17,21)(H,15,16,19)/t10-/m1/s1. The molecular formula is C14H18N4O3S. The zero-order valence-corrected chi connectivity index (χ0v) is 13.3. The van der Waals surface area contributed by atoms with Crippen molar-refractivity contribution < 1.29 is 9.59 Å². The minimum Gasteiger partial charge on any atom is -0.342 e. The van der Waals surface area contributed by atoms with Gasteiger partial charge in [-0.15, -0.1) is 11.8 Å². The average molecular weight is 322 g/mol. The first kappa shape index (κ1) is 15.1. The minimum atomic E-state index is -0.505. The van der Waals surface area contributed by atoms with Gasteiger partial charge >= 0.3 is 0 Å². The Morgan fingerprint density at radius 2 is 2.23 bits per heavy atom. The van der Waals surface area contributed by atoms with E-state index < -0.39 is 10.8 Å². The van der Waals surface area contributed by atoms with Crippen molar-refractivity contribution >= 4 is 23.6 Å². The summed E-state index contributed by atoms with van der Waals surface area (Å²) in [7, 11) is 0. The third kappa shape index (κ3) is 2.63. The van der Waals surface area contributed by atoms with Crippen molar-refractivity contribution in [1.29, 1.82) is 0 Å². The van der Waals surface area contributed by atoms with E-state index >= 15 is 0 Å². The number of rotatable bonds is 1. The maximum absolute atomic E-state index is 12.6. The highest BCUT2D eigenvalue weighted by molar-refractivity contribution is 8.01. The molecule has 1 saturated heterocycles. The van der Waals surface area contributed by atoms with E-state index in [-0.39, 0.29) is 17.4 Å². The number of aromatic nitrogens is 2. The average Bonchev–Trinajstić information content (AvgIpc) is 2.49. The van der Waals surface area contributed by atoms with Crippen LogP contribution in [0, 0.1) is 0 Å². The maximum atomic E-state index is 12.6. The van der Waals surface area contributed by atoms with E-state index in [2.05, 4.69) is 15.3 Å². The fourth-order valence-corrected chi connectivity index (χ4v) is 3.64. The van der Waals surface area contributed by atoms with Crippen molar-refractivity contribution in [3.8, 4) is 0 Å². The molecule has 0 saturated carbocycles. The van der Waals surface area contributed by atoms with Gasteiger partial charge in [-0.2, -0.15) is 0 Å². The number of nitrogens with one attached hydrogen (secondary N) is 2. The lowest BCUT2D eigenvalue weighted by molar-refractivity contribution is -0.137. The molecule has 3 rings (SSSR count). The van der Waals surface area contributed by atoms with Gasteiger partial charge in [-0.1, -0.05) is 0 Å². The third-order valence-electron chi connectivity index (χ3n) is 4.08. The van der Waals surface area contributed by atoms with Crippen LogP contribution in [0.15, 0.2) is 11.1 Å². The molecule has 2 aliphatic heterocycles. The Morgan fingerprint density at radius 3 is 2.95 bits per heavy atom. The lowest BCUT2D eigenvalue weighted by atomic mass is 10.1. The van der Waals surface area contributed by atoms with Crippen LogP contribution in [0.4, 0.5) is 0 Å². The number of carbonyl (C=O) groups is 2. The van der Waals surface area contributed by atoms with E-state index in [0.29, 0.717) is 36.5 Å². The van der Waals surface area contributed by atoms with Gasteiger partial charge in [0.05, 0.1) is 23.3 Å². The van der Waals surface area contributed by atoms with Crippen molar-refractivity contribution in [3.05, 3.63) is 27.9 Å². The van der Waals surface area contributed by atoms with Crippen molar-refractivity contribution in [3.63, 3.8) is 0 Å². The van der Waals surface area contributed by atoms with Crippen LogP contribution in [0.2, 0.25) is 0 Å². The topological polar surface area (TPSA) is 95.2 Å². The number of H-pyrrole nitrogens is 1. The number of aromatic amines is 1. The summed E-state index contributed by atoms with van der Waals surface area (Å²) in [6.07, 6.45) is 1.85. The van der Waals surface area contributed by atoms with Gasteiger partial charge in [0.1, 0.15) is 6.04 Å². The first-order chi connectivity index (χ1) is 10.4. The summed E-state index contributed by atoms with van der Waals surface area (Å²) in [6.45, 7) is 4.49. The first-order valence-corrected chi connectivity index (χ1v) is 8.16. The van der Waals surface area contributed by atoms with Crippen molar-refractivity contribution in [2.75, 3.05) is 12.3 Å². The molecule has 2 N–H and O–H groups in total. The summed E-state index contributed by atoms with van der Waals surface area (Å²) >= 11 is 1.49. The molecule has 0 radical (unpaired) electrons. The molecule has 22 heavy (non-hydrogen) atoms. The fraction of sp³-hybridized carbons (Fsp3) is 0.571. The van der Waals surface area contributed by atoms with Crippen LogP contribution in [0.5, 0.6) is 0 Å². The van der Waals surface area contributed by atoms with Crippen molar-refractivity contribution in [2.45, 2.75) is 37.6 Å². The Labute approximate surface area is 131 Å². The van der Waals surface area contributed by atoms with Gasteiger partial charge < -0.3 is 15.2 Å². The lowest BCUT2D eigenvalue weighted by Gasteiger charge is -2.36. The summed E-state index contributed by atoms with van der Waals surface area (Å²) in [5.41, 5.74) is 1.15. The largest absolute Gasteiger partial charge is 0.342 e. The second-order valence-corrected chi connectivity index (χ2v) is 7.66. The summed E-state index contributed by atoms with van der Waals surface area (Å²) < 4.78 is -0.500. The first-order valence-electron chi connectivity index (χ1n) is 7.17. The Balaban J connectivity index is 1.72. The molecule has 0 unspecified atom stereocenters. The summed E-state index contributed by atoms with van der Waals surface area (Å²) in [5.74, 6) is 0.335. The van der Waals surface area contributed by atoms with E-state index in [1.807, 2.05) is 13.8 Å². The number of fused-ring (bicyclic) bond motifs is 1. The highest BCUT2D eigenvalue weighted by atomic mass is 32.2. The lowest BCUT2D eigenvalue weighted by Crippen LogP contribution is -2.58. The van der Waals surface area contributed by atoms with Crippen molar-refractivity contribution in [1.82, 2.24) is 20.2 Å². The van der Waals surface area contributed by atoms with Crippen LogP contribution in [-0.4, -0.2) is 49.8 Å². The zero-order chi connectivity index (χ0) is 15.9. The molecule has 118 valence electrons. The predicted octanol–water partition coefficient (Wildman–Crippen LogP) is -0.335. The Hall–Kier alpha value is -1.83. The highest BCUT2D eigenvalue weighted by Gasteiger charge is 2.39. The molecule has 1 aromatic rings. The highest BCUT2D eigenvalue weighted by Crippen LogP contribution is 2.29. The van der Waals surface area contributed by atoms with Crippen LogP contribution in [0.25, 0.3) is 0 Å². The van der Waals surface area contributed by atoms with E-state index in [4.69, 9.17) is 0 Å². The van der Waals surface area contributed by atoms with Crippen LogP contribution < -0.4 is 10.9 Å². The molecule has 2 aliphatic rings. The SMILES string of the molecule is CC1(C)SC[C@H](C(=O)N2CCc3c(nc[nH]c3=O)C2)NC1=O. The number of carbonyl (C=O) groups excluding carboxylic acids is 2. The van der Waals surface area contributed by atoms with E-state index in [0.717, 1.165) is 0 Å². The summed E-state index contributed by atoms with van der Waals surface area (Å²) in [5, 5.41) is 2.80. The van der Waals surface area contributed by atoms with E-state index in [1.165, 1.54) is 18.1 Å². The number of amides is 2. The Bertz CT molecular complexity index is 685. The Kier molecular flexibility index (Phi) is 3.72. The van der Waals surface area contributed by atoms with Gasteiger partial charge in [-0.3, -0.25) is 14.4 Å². The van der Waals surface area contributed by atoms with Crippen LogP contribution in [-0.2, 0) is 22.6 Å². The quantitative estimate of drug-likeness (QED) is 0.738. The molecule has 1 aromatic heterocycles. The van der Waals surface area contributed by atoms with Gasteiger partial charge in [-0.05, 0) is 20.3 Å². The van der Waals surface area contributed by atoms with Crippen LogP contribution in [0.1, 0.15) is 25.1 Å². The molecule has 3 heterocycles. The van der Waals surface area contributed by atoms with Gasteiger partial charge in [0.15, 0.2) is 0 Å². The minimum absolute atomic E-state index is 0.107. The number of thioether (sulfide) groups is 1. The second kappa shape index (κ2) is 5.42. The predicted molar refractivity (Wildman–Crippen MR) is 82.4 cm³/mol. The third-order valence-corrected chi connectivity index (χ3v) is 5.49. The summed E-state index contributed by atoms with van der Waals surface area (Å²) in [4.78, 5) is 44.7. The van der Waals surface area contributed by atoms with Gasteiger partial charge in [0.2, 0.25) is 11.8 Å². The normalized spacial score (nSPS) is 23.6. The van der Waals surface area contributed by atoms with Crippen LogP contribution in [0.3, 0.4) is 0 Å². The molecule has 0 bridgehead atoms. The molecular weight excluding hydrogens is 304 g/mol. The van der Waals surface area contributed by atoms with Gasteiger partial charge in [-0.25, -0.2) is 4.98 Å². The monoisotopic (exact) mass is 322 g/mol. The van der Waals surface area contributed by atoms with Gasteiger partial charge in [0, 0.05) is 17.9 Å². The molecule has 1 atom stereocenters. The second-order valence-electron chi connectivity index (χ2n) is 6.01. The molecule has 7 nitrogen and oxygen atoms in total. The van der Waals surface area contributed by atoms with E-state index in [9.17, 15) is 14.4 Å². The number of hydrogen-bond donors (Lipinski definition) is 2. The maximum Gasteiger partial charge on any atom is 0.254 e. The summed E-state index contributed by atoms with van der Waals surface area (Å²) in [6, 6.07) is -0.505. The smallest absolute Gasteiger partial charge is 0.254 e. The number of hydrogen-bond acceptors (Lipinski definition) is 5. The number of nitrogens with zero attached hydrogens (tertiary/aromatic N) is 2. The fourth-order valence-electron chi connectivity index (χ4n) is 2.64. The Morgan fingerprint density at radius 1 is 1.45 bits per heavy atom. The molecule has 2 amide bonds. The molecule has 0 aromatic carbocycles. The molecule has 0 spiro atoms. The van der Waals surface area contributed by atoms with Crippen molar-refractivity contribution in [2.24, 2.45) is 0 Å². The molecule has 0 aliphatic carbocycles. The van der Waals surface area contributed by atoms with E-state index in [1.54, 1.807) is 4.90 Å². The zero-order valence-electron chi connectivity index (χ0n) is 12.5.